The molecule has 1 N–H and O–H groups in total. The molecule has 0 bridgehead atoms. The van der Waals surface area contributed by atoms with Gasteiger partial charge in [-0.1, -0.05) is 25.5 Å². The van der Waals surface area contributed by atoms with Crippen LogP contribution in [0.3, 0.4) is 0 Å². The maximum Gasteiger partial charge on any atom is 0.0564 e. The smallest absolute Gasteiger partial charge is 0.0564 e. The van der Waals surface area contributed by atoms with Gasteiger partial charge in [-0.25, -0.2) is 0 Å². The van der Waals surface area contributed by atoms with Crippen molar-refractivity contribution in [3.63, 3.8) is 0 Å². The van der Waals surface area contributed by atoms with Gasteiger partial charge in [0.15, 0.2) is 0 Å². The standard InChI is InChI=1S/C10H14N2/c1-3-5-9-6-4-7-10(8-9)12-11-2/h4,6-8,12H,2-3,5H2,1H3. The summed E-state index contributed by atoms with van der Waals surface area (Å²) in [5.74, 6) is 0. The van der Waals surface area contributed by atoms with E-state index in [1.54, 1.807) is 0 Å². The summed E-state index contributed by atoms with van der Waals surface area (Å²) in [5.41, 5.74) is 5.17. The molecule has 0 saturated carbocycles. The fraction of sp³-hybridized carbons (Fsp3) is 0.300. The molecule has 0 aliphatic rings. The largest absolute Gasteiger partial charge is 0.279 e. The Morgan fingerprint density at radius 1 is 1.50 bits per heavy atom. The molecule has 2 heteroatoms. The van der Waals surface area contributed by atoms with Gasteiger partial charge in [0.2, 0.25) is 0 Å². The Kier molecular flexibility index (Phi) is 3.33. The Bertz CT molecular complexity index is 256. The number of nitrogens with zero attached hydrogens (tertiary/aromatic N) is 1. The predicted molar refractivity (Wildman–Crippen MR) is 53.6 cm³/mol. The first-order chi connectivity index (χ1) is 5.86. The molecule has 0 spiro atoms. The third-order valence-corrected chi connectivity index (χ3v) is 1.67. The topological polar surface area (TPSA) is 24.4 Å². The van der Waals surface area contributed by atoms with Crippen LogP contribution in [0.2, 0.25) is 0 Å². The molecule has 1 aromatic rings. The molecule has 1 rings (SSSR count). The number of hydrogen-bond acceptors (Lipinski definition) is 2. The van der Waals surface area contributed by atoms with Gasteiger partial charge < -0.3 is 0 Å². The second-order valence-corrected chi connectivity index (χ2v) is 2.72. The van der Waals surface area contributed by atoms with E-state index in [1.807, 2.05) is 12.1 Å². The number of hydrazone groups is 1. The predicted octanol–water partition coefficient (Wildman–Crippen LogP) is 2.67. The molecule has 64 valence electrons. The molecule has 2 nitrogen and oxygen atoms in total. The van der Waals surface area contributed by atoms with Gasteiger partial charge in [-0.3, -0.25) is 5.43 Å². The van der Waals surface area contributed by atoms with Crippen molar-refractivity contribution < 1.29 is 0 Å². The minimum Gasteiger partial charge on any atom is -0.279 e. The van der Waals surface area contributed by atoms with Crippen LogP contribution in [0.15, 0.2) is 29.4 Å². The Hall–Kier alpha value is -1.31. The molecule has 0 aromatic heterocycles. The van der Waals surface area contributed by atoms with Crippen LogP contribution in [0.4, 0.5) is 5.69 Å². The SMILES string of the molecule is C=NNc1cccc(CCC)c1. The lowest BCUT2D eigenvalue weighted by Crippen LogP contribution is -1.88. The van der Waals surface area contributed by atoms with Crippen LogP contribution >= 0.6 is 0 Å². The summed E-state index contributed by atoms with van der Waals surface area (Å²) in [6, 6.07) is 8.22. The van der Waals surface area contributed by atoms with E-state index >= 15 is 0 Å². The fourth-order valence-electron chi connectivity index (χ4n) is 1.18. The van der Waals surface area contributed by atoms with Crippen LogP contribution in [0.5, 0.6) is 0 Å². The first-order valence-corrected chi connectivity index (χ1v) is 4.17. The van der Waals surface area contributed by atoms with E-state index in [0.29, 0.717) is 0 Å². The monoisotopic (exact) mass is 162 g/mol. The third-order valence-electron chi connectivity index (χ3n) is 1.67. The van der Waals surface area contributed by atoms with E-state index < -0.39 is 0 Å². The van der Waals surface area contributed by atoms with Crippen molar-refractivity contribution in [3.05, 3.63) is 29.8 Å². The Labute approximate surface area is 73.3 Å². The van der Waals surface area contributed by atoms with Gasteiger partial charge in [0, 0.05) is 6.72 Å². The number of hydrogen-bond donors (Lipinski definition) is 1. The minimum absolute atomic E-state index is 1.01. The van der Waals surface area contributed by atoms with Crippen molar-refractivity contribution in [2.45, 2.75) is 19.8 Å². The molecular weight excluding hydrogens is 148 g/mol. The van der Waals surface area contributed by atoms with Gasteiger partial charge in [-0.15, -0.1) is 0 Å². The van der Waals surface area contributed by atoms with Gasteiger partial charge in [0.25, 0.3) is 0 Å². The normalized spacial score (nSPS) is 9.42. The van der Waals surface area contributed by atoms with E-state index in [9.17, 15) is 0 Å². The number of anilines is 1. The van der Waals surface area contributed by atoms with Gasteiger partial charge in [-0.2, -0.15) is 5.10 Å². The zero-order valence-corrected chi connectivity index (χ0v) is 7.38. The molecular formula is C10H14N2. The van der Waals surface area contributed by atoms with E-state index in [0.717, 1.165) is 12.1 Å². The van der Waals surface area contributed by atoms with Crippen LogP contribution in [0, 0.1) is 0 Å². The first kappa shape index (κ1) is 8.78. The van der Waals surface area contributed by atoms with Crippen molar-refractivity contribution in [2.24, 2.45) is 5.10 Å². The summed E-state index contributed by atoms with van der Waals surface area (Å²) in [5, 5.41) is 3.61. The highest BCUT2D eigenvalue weighted by molar-refractivity contribution is 5.46. The van der Waals surface area contributed by atoms with E-state index in [-0.39, 0.29) is 0 Å². The highest BCUT2D eigenvalue weighted by atomic mass is 15.3. The zero-order valence-electron chi connectivity index (χ0n) is 7.38. The molecule has 0 radical (unpaired) electrons. The summed E-state index contributed by atoms with van der Waals surface area (Å²) >= 11 is 0. The summed E-state index contributed by atoms with van der Waals surface area (Å²) in [6.07, 6.45) is 2.29. The number of aryl methyl sites for hydroxylation is 1. The molecule has 0 aliphatic heterocycles. The summed E-state index contributed by atoms with van der Waals surface area (Å²) in [6.45, 7) is 5.54. The van der Waals surface area contributed by atoms with Crippen molar-refractivity contribution in [3.8, 4) is 0 Å². The van der Waals surface area contributed by atoms with Crippen LogP contribution in [-0.4, -0.2) is 6.72 Å². The summed E-state index contributed by atoms with van der Waals surface area (Å²) in [4.78, 5) is 0. The van der Waals surface area contributed by atoms with E-state index in [2.05, 4.69) is 36.3 Å². The molecule has 1 aromatic carbocycles. The zero-order chi connectivity index (χ0) is 8.81. The van der Waals surface area contributed by atoms with Gasteiger partial charge in [-0.05, 0) is 24.1 Å². The average molecular weight is 162 g/mol. The lowest BCUT2D eigenvalue weighted by atomic mass is 10.1. The first-order valence-electron chi connectivity index (χ1n) is 4.17. The molecule has 0 fully saturated rings. The van der Waals surface area contributed by atoms with E-state index in [4.69, 9.17) is 0 Å². The van der Waals surface area contributed by atoms with Gasteiger partial charge in [0.1, 0.15) is 0 Å². The van der Waals surface area contributed by atoms with Gasteiger partial charge in [0.05, 0.1) is 5.69 Å². The average Bonchev–Trinajstić information content (AvgIpc) is 2.06. The van der Waals surface area contributed by atoms with Crippen molar-refractivity contribution in [2.75, 3.05) is 5.43 Å². The van der Waals surface area contributed by atoms with Crippen LogP contribution in [-0.2, 0) is 6.42 Å². The molecule has 0 heterocycles. The summed E-state index contributed by atoms with van der Waals surface area (Å²) in [7, 11) is 0. The number of benzene rings is 1. The Balaban J connectivity index is 2.73. The second-order valence-electron chi connectivity index (χ2n) is 2.72. The van der Waals surface area contributed by atoms with Crippen molar-refractivity contribution in [1.29, 1.82) is 0 Å². The van der Waals surface area contributed by atoms with Gasteiger partial charge >= 0.3 is 0 Å². The molecule has 12 heavy (non-hydrogen) atoms. The van der Waals surface area contributed by atoms with Crippen LogP contribution in [0.1, 0.15) is 18.9 Å². The lowest BCUT2D eigenvalue weighted by Gasteiger charge is -2.02. The maximum atomic E-state index is 3.61. The molecule has 0 aliphatic carbocycles. The lowest BCUT2D eigenvalue weighted by molar-refractivity contribution is 0.922. The highest BCUT2D eigenvalue weighted by Gasteiger charge is 1.92. The van der Waals surface area contributed by atoms with Crippen molar-refractivity contribution in [1.82, 2.24) is 0 Å². The summed E-state index contributed by atoms with van der Waals surface area (Å²) < 4.78 is 0. The molecule has 0 amide bonds. The van der Waals surface area contributed by atoms with Crippen LogP contribution < -0.4 is 5.43 Å². The maximum absolute atomic E-state index is 3.61. The van der Waals surface area contributed by atoms with Crippen molar-refractivity contribution >= 4 is 12.4 Å². The molecule has 0 unspecified atom stereocenters. The molecule has 0 saturated heterocycles. The quantitative estimate of drug-likeness (QED) is 0.534. The minimum atomic E-state index is 1.01. The molecule has 0 atom stereocenters. The Morgan fingerprint density at radius 3 is 3.00 bits per heavy atom. The second kappa shape index (κ2) is 4.54. The Morgan fingerprint density at radius 2 is 2.33 bits per heavy atom. The fourth-order valence-corrected chi connectivity index (χ4v) is 1.18. The van der Waals surface area contributed by atoms with Crippen LogP contribution in [0.25, 0.3) is 0 Å². The third kappa shape index (κ3) is 2.38. The highest BCUT2D eigenvalue weighted by Crippen LogP contribution is 2.11. The number of nitrogens with one attached hydrogen (secondary N) is 1. The number of rotatable bonds is 4. The van der Waals surface area contributed by atoms with E-state index in [1.165, 1.54) is 12.0 Å².